The zero-order valence-corrected chi connectivity index (χ0v) is 12.9. The highest BCUT2D eigenvalue weighted by molar-refractivity contribution is 7.98. The monoisotopic (exact) mass is 287 g/mol. The van der Waals surface area contributed by atoms with E-state index in [9.17, 15) is 0 Å². The molecule has 0 amide bonds. The Morgan fingerprint density at radius 1 is 1.05 bits per heavy atom. The van der Waals surface area contributed by atoms with E-state index in [1.807, 2.05) is 30.3 Å². The Balaban J connectivity index is 2.07. The van der Waals surface area contributed by atoms with Crippen molar-refractivity contribution < 1.29 is 4.74 Å². The molecule has 0 spiro atoms. The molecule has 0 unspecified atom stereocenters. The van der Waals surface area contributed by atoms with Crippen LogP contribution in [0.15, 0.2) is 53.4 Å². The molecule has 2 aromatic carbocycles. The van der Waals surface area contributed by atoms with E-state index in [2.05, 4.69) is 36.7 Å². The van der Waals surface area contributed by atoms with Crippen LogP contribution in [0.5, 0.6) is 11.5 Å². The van der Waals surface area contributed by atoms with Crippen LogP contribution >= 0.6 is 11.8 Å². The molecule has 0 radical (unpaired) electrons. The molecule has 0 saturated carbocycles. The van der Waals surface area contributed by atoms with Crippen LogP contribution in [0.2, 0.25) is 0 Å². The molecule has 0 atom stereocenters. The summed E-state index contributed by atoms with van der Waals surface area (Å²) >= 11 is 1.73. The van der Waals surface area contributed by atoms with Gasteiger partial charge in [0.15, 0.2) is 0 Å². The second kappa shape index (κ2) is 7.98. The van der Waals surface area contributed by atoms with E-state index in [-0.39, 0.29) is 0 Å². The fourth-order valence-corrected chi connectivity index (χ4v) is 2.33. The molecule has 2 rings (SSSR count). The molecule has 1 N–H and O–H groups in total. The molecule has 20 heavy (non-hydrogen) atoms. The molecule has 2 aromatic rings. The molecular formula is C17H21NOS. The van der Waals surface area contributed by atoms with Gasteiger partial charge in [0, 0.05) is 17.0 Å². The molecule has 0 heterocycles. The van der Waals surface area contributed by atoms with E-state index in [4.69, 9.17) is 4.74 Å². The van der Waals surface area contributed by atoms with Gasteiger partial charge in [-0.15, -0.1) is 11.8 Å². The summed E-state index contributed by atoms with van der Waals surface area (Å²) in [6, 6.07) is 16.4. The summed E-state index contributed by atoms with van der Waals surface area (Å²) < 4.78 is 5.99. The van der Waals surface area contributed by atoms with Crippen molar-refractivity contribution in [3.05, 3.63) is 54.1 Å². The van der Waals surface area contributed by atoms with E-state index < -0.39 is 0 Å². The maximum Gasteiger partial charge on any atom is 0.131 e. The second-order valence-corrected chi connectivity index (χ2v) is 5.44. The molecule has 0 saturated heterocycles. The predicted octanol–water partition coefficient (Wildman–Crippen LogP) is 4.70. The molecule has 0 bridgehead atoms. The first-order valence-corrected chi connectivity index (χ1v) is 8.16. The highest BCUT2D eigenvalue weighted by Gasteiger charge is 2.04. The Bertz CT molecular complexity index is 525. The van der Waals surface area contributed by atoms with Crippen molar-refractivity contribution in [1.29, 1.82) is 0 Å². The molecule has 0 fully saturated rings. The third kappa shape index (κ3) is 4.29. The van der Waals surface area contributed by atoms with Crippen molar-refractivity contribution in [1.82, 2.24) is 5.32 Å². The van der Waals surface area contributed by atoms with Crippen LogP contribution in [0.4, 0.5) is 0 Å². The van der Waals surface area contributed by atoms with E-state index in [0.29, 0.717) is 0 Å². The summed E-state index contributed by atoms with van der Waals surface area (Å²) in [6.07, 6.45) is 3.21. The zero-order valence-electron chi connectivity index (χ0n) is 12.1. The van der Waals surface area contributed by atoms with Gasteiger partial charge in [-0.3, -0.25) is 0 Å². The van der Waals surface area contributed by atoms with Crippen molar-refractivity contribution in [2.45, 2.75) is 24.8 Å². The first kappa shape index (κ1) is 14.9. The number of benzene rings is 2. The molecule has 0 aliphatic heterocycles. The van der Waals surface area contributed by atoms with Gasteiger partial charge in [0.2, 0.25) is 0 Å². The number of nitrogens with one attached hydrogen (secondary N) is 1. The van der Waals surface area contributed by atoms with Gasteiger partial charge >= 0.3 is 0 Å². The highest BCUT2D eigenvalue weighted by Crippen LogP contribution is 2.27. The first-order chi connectivity index (χ1) is 9.83. The fraction of sp³-hybridized carbons (Fsp3) is 0.294. The van der Waals surface area contributed by atoms with Gasteiger partial charge in [-0.25, -0.2) is 0 Å². The lowest BCUT2D eigenvalue weighted by atomic mass is 10.2. The van der Waals surface area contributed by atoms with Crippen molar-refractivity contribution in [3.8, 4) is 11.5 Å². The average Bonchev–Trinajstić information content (AvgIpc) is 2.50. The summed E-state index contributed by atoms with van der Waals surface area (Å²) in [7, 11) is 0. The van der Waals surface area contributed by atoms with Gasteiger partial charge in [0.25, 0.3) is 0 Å². The van der Waals surface area contributed by atoms with Gasteiger partial charge < -0.3 is 10.1 Å². The lowest BCUT2D eigenvalue weighted by Gasteiger charge is -2.12. The number of ether oxygens (including phenoxy) is 1. The Labute approximate surface area is 125 Å². The summed E-state index contributed by atoms with van der Waals surface area (Å²) in [5.74, 6) is 1.80. The Kier molecular flexibility index (Phi) is 5.96. The Morgan fingerprint density at radius 3 is 2.50 bits per heavy atom. The summed E-state index contributed by atoms with van der Waals surface area (Å²) in [5, 5.41) is 3.41. The standard InChI is InChI=1S/C17H21NOS/c1-3-12-18-13-14-6-4-5-7-17(14)19-15-8-10-16(20-2)11-9-15/h4-11,18H,3,12-13H2,1-2H3. The third-order valence-corrected chi connectivity index (χ3v) is 3.75. The Morgan fingerprint density at radius 2 is 1.80 bits per heavy atom. The summed E-state index contributed by atoms with van der Waals surface area (Å²) in [4.78, 5) is 1.25. The van der Waals surface area contributed by atoms with Crippen LogP contribution in [-0.4, -0.2) is 12.8 Å². The van der Waals surface area contributed by atoms with Crippen LogP contribution < -0.4 is 10.1 Å². The van der Waals surface area contributed by atoms with Gasteiger partial charge in [-0.1, -0.05) is 25.1 Å². The topological polar surface area (TPSA) is 21.3 Å². The largest absolute Gasteiger partial charge is 0.457 e. The smallest absolute Gasteiger partial charge is 0.131 e. The first-order valence-electron chi connectivity index (χ1n) is 6.94. The van der Waals surface area contributed by atoms with Crippen molar-refractivity contribution >= 4 is 11.8 Å². The van der Waals surface area contributed by atoms with Crippen molar-refractivity contribution in [2.75, 3.05) is 12.8 Å². The van der Waals surface area contributed by atoms with Gasteiger partial charge in [0.05, 0.1) is 0 Å². The molecular weight excluding hydrogens is 266 g/mol. The summed E-state index contributed by atoms with van der Waals surface area (Å²) in [6.45, 7) is 4.03. The molecule has 0 aromatic heterocycles. The SMILES string of the molecule is CCCNCc1ccccc1Oc1ccc(SC)cc1. The van der Waals surface area contributed by atoms with Crippen LogP contribution in [0.1, 0.15) is 18.9 Å². The van der Waals surface area contributed by atoms with Crippen molar-refractivity contribution in [2.24, 2.45) is 0 Å². The zero-order chi connectivity index (χ0) is 14.2. The van der Waals surface area contributed by atoms with Crippen LogP contribution in [-0.2, 0) is 6.54 Å². The minimum absolute atomic E-state index is 0.840. The van der Waals surface area contributed by atoms with E-state index >= 15 is 0 Å². The molecule has 0 aliphatic carbocycles. The highest BCUT2D eigenvalue weighted by atomic mass is 32.2. The fourth-order valence-electron chi connectivity index (χ4n) is 1.92. The molecule has 2 nitrogen and oxygen atoms in total. The van der Waals surface area contributed by atoms with E-state index in [1.54, 1.807) is 11.8 Å². The van der Waals surface area contributed by atoms with Gasteiger partial charge in [-0.2, -0.15) is 0 Å². The average molecular weight is 287 g/mol. The van der Waals surface area contributed by atoms with Crippen LogP contribution in [0.25, 0.3) is 0 Å². The lowest BCUT2D eigenvalue weighted by molar-refractivity contribution is 0.472. The second-order valence-electron chi connectivity index (χ2n) is 4.56. The molecule has 0 aliphatic rings. The van der Waals surface area contributed by atoms with Crippen LogP contribution in [0, 0.1) is 0 Å². The van der Waals surface area contributed by atoms with E-state index in [0.717, 1.165) is 31.0 Å². The normalized spacial score (nSPS) is 10.5. The minimum atomic E-state index is 0.840. The number of para-hydroxylation sites is 1. The van der Waals surface area contributed by atoms with Crippen LogP contribution in [0.3, 0.4) is 0 Å². The quantitative estimate of drug-likeness (QED) is 0.589. The number of hydrogen-bond acceptors (Lipinski definition) is 3. The number of hydrogen-bond donors (Lipinski definition) is 1. The maximum atomic E-state index is 5.99. The van der Waals surface area contributed by atoms with Gasteiger partial charge in [-0.05, 0) is 49.6 Å². The van der Waals surface area contributed by atoms with Gasteiger partial charge in [0.1, 0.15) is 11.5 Å². The minimum Gasteiger partial charge on any atom is -0.457 e. The Hall–Kier alpha value is -1.45. The molecule has 3 heteroatoms. The lowest BCUT2D eigenvalue weighted by Crippen LogP contribution is -2.14. The maximum absolute atomic E-state index is 5.99. The molecule has 106 valence electrons. The third-order valence-electron chi connectivity index (χ3n) is 3.00. The number of thioether (sulfide) groups is 1. The van der Waals surface area contributed by atoms with E-state index in [1.165, 1.54) is 10.5 Å². The predicted molar refractivity (Wildman–Crippen MR) is 86.7 cm³/mol. The summed E-state index contributed by atoms with van der Waals surface area (Å²) in [5.41, 5.74) is 1.19. The van der Waals surface area contributed by atoms with Crippen molar-refractivity contribution in [3.63, 3.8) is 0 Å². The number of rotatable bonds is 7.